The van der Waals surface area contributed by atoms with Crippen LogP contribution in [0.15, 0.2) is 35.4 Å². The summed E-state index contributed by atoms with van der Waals surface area (Å²) >= 11 is 0. The molecule has 6 heteroatoms. The summed E-state index contributed by atoms with van der Waals surface area (Å²) < 4.78 is 27.7. The zero-order chi connectivity index (χ0) is 18.4. The summed E-state index contributed by atoms with van der Waals surface area (Å²) in [5.74, 6) is 0.0900. The van der Waals surface area contributed by atoms with Crippen LogP contribution in [0.25, 0.3) is 10.9 Å². The van der Waals surface area contributed by atoms with Crippen LogP contribution in [-0.2, 0) is 10.0 Å². The van der Waals surface area contributed by atoms with Crippen LogP contribution in [0.4, 0.5) is 0 Å². The van der Waals surface area contributed by atoms with Crippen LogP contribution in [0.1, 0.15) is 32.8 Å². The van der Waals surface area contributed by atoms with E-state index in [-0.39, 0.29) is 22.8 Å². The molecule has 136 valence electrons. The molecule has 0 bridgehead atoms. The molecule has 1 N–H and O–H groups in total. The fourth-order valence-corrected chi connectivity index (χ4v) is 5.36. The van der Waals surface area contributed by atoms with E-state index in [0.29, 0.717) is 18.5 Å². The molecule has 1 aliphatic rings. The predicted molar refractivity (Wildman–Crippen MR) is 98.8 cm³/mol. The molecule has 2 heterocycles. The van der Waals surface area contributed by atoms with E-state index >= 15 is 0 Å². The molecule has 3 rings (SSSR count). The highest BCUT2D eigenvalue weighted by Crippen LogP contribution is 2.36. The SMILES string of the molecule is Cc1cnc2c(S(=O)(=O)N3CCC(C(C)(C)C)C(O)C3)cccc2c1. The normalized spacial score (nSPS) is 23.1. The Morgan fingerprint density at radius 1 is 1.28 bits per heavy atom. The fraction of sp³-hybridized carbons (Fsp3) is 0.526. The second-order valence-electron chi connectivity index (χ2n) is 8.03. The number of aryl methyl sites for hydroxylation is 1. The van der Waals surface area contributed by atoms with E-state index in [9.17, 15) is 13.5 Å². The number of hydrogen-bond acceptors (Lipinski definition) is 4. The standard InChI is InChI=1S/C19H26N2O3S/c1-13-10-14-6-5-7-17(18(14)20-11-13)25(23,24)21-9-8-15(16(22)12-21)19(2,3)4/h5-7,10-11,15-16,22H,8-9,12H2,1-4H3. The van der Waals surface area contributed by atoms with Crippen molar-refractivity contribution in [1.82, 2.24) is 9.29 Å². The number of hydrogen-bond donors (Lipinski definition) is 1. The number of nitrogens with zero attached hydrogens (tertiary/aromatic N) is 2. The van der Waals surface area contributed by atoms with Crippen LogP contribution in [0.2, 0.25) is 0 Å². The first-order valence-corrected chi connectivity index (χ1v) is 10.1. The van der Waals surface area contributed by atoms with Gasteiger partial charge in [-0.15, -0.1) is 0 Å². The summed E-state index contributed by atoms with van der Waals surface area (Å²) in [4.78, 5) is 4.56. The third kappa shape index (κ3) is 3.43. The van der Waals surface area contributed by atoms with Crippen LogP contribution < -0.4 is 0 Å². The zero-order valence-electron chi connectivity index (χ0n) is 15.2. The number of fused-ring (bicyclic) bond motifs is 1. The van der Waals surface area contributed by atoms with E-state index in [2.05, 4.69) is 25.8 Å². The van der Waals surface area contributed by atoms with E-state index in [4.69, 9.17) is 0 Å². The van der Waals surface area contributed by atoms with Gasteiger partial charge in [-0.05, 0) is 42.4 Å². The molecular weight excluding hydrogens is 336 g/mol. The van der Waals surface area contributed by atoms with Crippen LogP contribution in [0, 0.1) is 18.3 Å². The lowest BCUT2D eigenvalue weighted by Crippen LogP contribution is -2.49. The van der Waals surface area contributed by atoms with Crippen molar-refractivity contribution >= 4 is 20.9 Å². The summed E-state index contributed by atoms with van der Waals surface area (Å²) in [7, 11) is -3.69. The number of β-amino-alcohol motifs (C(OH)–C–C–N with tert-alkyl or cyclic N) is 1. The third-order valence-corrected chi connectivity index (χ3v) is 6.98. The molecule has 0 aliphatic carbocycles. The molecular formula is C19H26N2O3S. The molecule has 1 aliphatic heterocycles. The van der Waals surface area contributed by atoms with Gasteiger partial charge in [-0.25, -0.2) is 8.42 Å². The maximum absolute atomic E-state index is 13.2. The molecule has 25 heavy (non-hydrogen) atoms. The lowest BCUT2D eigenvalue weighted by molar-refractivity contribution is -0.00208. The van der Waals surface area contributed by atoms with Gasteiger partial charge in [-0.1, -0.05) is 32.9 Å². The van der Waals surface area contributed by atoms with Crippen molar-refractivity contribution in [2.24, 2.45) is 11.3 Å². The molecule has 0 radical (unpaired) electrons. The first kappa shape index (κ1) is 18.3. The maximum atomic E-state index is 13.2. The van der Waals surface area contributed by atoms with Crippen LogP contribution in [-0.4, -0.2) is 42.0 Å². The average molecular weight is 362 g/mol. The largest absolute Gasteiger partial charge is 0.391 e. The monoisotopic (exact) mass is 362 g/mol. The predicted octanol–water partition coefficient (Wildman–Crippen LogP) is 2.96. The quantitative estimate of drug-likeness (QED) is 0.892. The number of para-hydroxylation sites is 1. The Bertz CT molecular complexity index is 887. The minimum absolute atomic E-state index is 0.0478. The minimum Gasteiger partial charge on any atom is -0.391 e. The number of aromatic nitrogens is 1. The minimum atomic E-state index is -3.69. The second-order valence-corrected chi connectivity index (χ2v) is 9.94. The van der Waals surface area contributed by atoms with Crippen molar-refractivity contribution < 1.29 is 13.5 Å². The highest BCUT2D eigenvalue weighted by atomic mass is 32.2. The highest BCUT2D eigenvalue weighted by molar-refractivity contribution is 7.89. The Morgan fingerprint density at radius 3 is 2.64 bits per heavy atom. The number of benzene rings is 1. The van der Waals surface area contributed by atoms with Crippen molar-refractivity contribution in [2.75, 3.05) is 13.1 Å². The van der Waals surface area contributed by atoms with Crippen molar-refractivity contribution in [3.63, 3.8) is 0 Å². The van der Waals surface area contributed by atoms with Crippen LogP contribution >= 0.6 is 0 Å². The number of sulfonamides is 1. The first-order chi connectivity index (χ1) is 11.6. The summed E-state index contributed by atoms with van der Waals surface area (Å²) in [6.07, 6.45) is 1.68. The molecule has 2 atom stereocenters. The van der Waals surface area contributed by atoms with Gasteiger partial charge in [0.2, 0.25) is 10.0 Å². The van der Waals surface area contributed by atoms with Crippen molar-refractivity contribution in [3.8, 4) is 0 Å². The Labute approximate surface area is 149 Å². The topological polar surface area (TPSA) is 70.5 Å². The van der Waals surface area contributed by atoms with E-state index in [1.165, 1.54) is 4.31 Å². The summed E-state index contributed by atoms with van der Waals surface area (Å²) in [5.41, 5.74) is 1.43. The third-order valence-electron chi connectivity index (χ3n) is 5.09. The molecule has 1 aromatic carbocycles. The van der Waals surface area contributed by atoms with E-state index < -0.39 is 16.1 Å². The van der Waals surface area contributed by atoms with E-state index in [1.54, 1.807) is 18.3 Å². The zero-order valence-corrected chi connectivity index (χ0v) is 16.0. The van der Waals surface area contributed by atoms with E-state index in [1.807, 2.05) is 19.1 Å². The van der Waals surface area contributed by atoms with Crippen molar-refractivity contribution in [2.45, 2.75) is 45.1 Å². The molecule has 1 aromatic heterocycles. The lowest BCUT2D eigenvalue weighted by Gasteiger charge is -2.41. The highest BCUT2D eigenvalue weighted by Gasteiger charge is 2.40. The smallest absolute Gasteiger partial charge is 0.245 e. The maximum Gasteiger partial charge on any atom is 0.245 e. The molecule has 2 aromatic rings. The summed E-state index contributed by atoms with van der Waals surface area (Å²) in [6, 6.07) is 7.15. The molecule has 0 amide bonds. The lowest BCUT2D eigenvalue weighted by atomic mass is 9.74. The van der Waals surface area contributed by atoms with Gasteiger partial charge >= 0.3 is 0 Å². The van der Waals surface area contributed by atoms with Gasteiger partial charge in [-0.2, -0.15) is 4.31 Å². The number of rotatable bonds is 2. The summed E-state index contributed by atoms with van der Waals surface area (Å²) in [6.45, 7) is 8.74. The van der Waals surface area contributed by atoms with Crippen molar-refractivity contribution in [1.29, 1.82) is 0 Å². The van der Waals surface area contributed by atoms with Gasteiger partial charge in [0.15, 0.2) is 0 Å². The Kier molecular flexibility index (Phi) is 4.64. The first-order valence-electron chi connectivity index (χ1n) is 8.64. The van der Waals surface area contributed by atoms with Gasteiger partial charge in [0.1, 0.15) is 4.90 Å². The van der Waals surface area contributed by atoms with Gasteiger partial charge in [0.25, 0.3) is 0 Å². The molecule has 1 fully saturated rings. The van der Waals surface area contributed by atoms with Gasteiger partial charge in [0, 0.05) is 24.7 Å². The van der Waals surface area contributed by atoms with Gasteiger partial charge < -0.3 is 5.11 Å². The Balaban J connectivity index is 1.96. The van der Waals surface area contributed by atoms with Crippen LogP contribution in [0.5, 0.6) is 0 Å². The van der Waals surface area contributed by atoms with Crippen molar-refractivity contribution in [3.05, 3.63) is 36.0 Å². The number of piperidine rings is 1. The molecule has 2 unspecified atom stereocenters. The second kappa shape index (κ2) is 6.34. The van der Waals surface area contributed by atoms with Gasteiger partial charge in [0.05, 0.1) is 11.6 Å². The molecule has 0 saturated carbocycles. The fourth-order valence-electron chi connectivity index (χ4n) is 3.72. The molecule has 1 saturated heterocycles. The van der Waals surface area contributed by atoms with Crippen LogP contribution in [0.3, 0.4) is 0 Å². The molecule has 0 spiro atoms. The number of pyridine rings is 1. The Hall–Kier alpha value is -1.50. The average Bonchev–Trinajstić information content (AvgIpc) is 2.52. The Morgan fingerprint density at radius 2 is 2.00 bits per heavy atom. The molecule has 5 nitrogen and oxygen atoms in total. The number of aliphatic hydroxyl groups excluding tert-OH is 1. The van der Waals surface area contributed by atoms with E-state index in [0.717, 1.165) is 10.9 Å². The summed E-state index contributed by atoms with van der Waals surface area (Å²) in [5, 5.41) is 11.3. The number of aliphatic hydroxyl groups is 1. The van der Waals surface area contributed by atoms with Gasteiger partial charge in [-0.3, -0.25) is 4.98 Å².